The summed E-state index contributed by atoms with van der Waals surface area (Å²) in [7, 11) is 1.51. The second-order valence-corrected chi connectivity index (χ2v) is 19.6. The number of allylic oxidation sites excluding steroid dienone is 1. The van der Waals surface area contributed by atoms with Crippen LogP contribution in [0.15, 0.2) is 35.9 Å². The Balaban J connectivity index is 1.02. The van der Waals surface area contributed by atoms with E-state index in [9.17, 15) is 24.9 Å². The molecule has 2 saturated heterocycles. The lowest BCUT2D eigenvalue weighted by Crippen LogP contribution is -2.62. The molecule has 16 atom stereocenters. The fourth-order valence-electron chi connectivity index (χ4n) is 12.4. The van der Waals surface area contributed by atoms with E-state index < -0.39 is 61.1 Å². The zero-order valence-electron chi connectivity index (χ0n) is 36.3. The first-order chi connectivity index (χ1) is 28.1. The highest BCUT2D eigenvalue weighted by Crippen LogP contribution is 2.67. The van der Waals surface area contributed by atoms with Gasteiger partial charge in [0, 0.05) is 6.92 Å². The van der Waals surface area contributed by atoms with Crippen LogP contribution in [0.3, 0.4) is 0 Å². The first kappa shape index (κ1) is 44.5. The van der Waals surface area contributed by atoms with Gasteiger partial charge in [0.2, 0.25) is 0 Å². The molecular formula is C47H70O12. The summed E-state index contributed by atoms with van der Waals surface area (Å²) in [5.74, 6) is 3.62. The van der Waals surface area contributed by atoms with Crippen LogP contribution in [0.2, 0.25) is 0 Å². The second-order valence-electron chi connectivity index (χ2n) is 19.6. The van der Waals surface area contributed by atoms with Gasteiger partial charge in [0.15, 0.2) is 24.8 Å². The third kappa shape index (κ3) is 9.16. The summed E-state index contributed by atoms with van der Waals surface area (Å²) in [6.45, 7) is 13.1. The van der Waals surface area contributed by atoms with Crippen LogP contribution in [0.1, 0.15) is 123 Å². The number of rotatable bonds is 13. The summed E-state index contributed by atoms with van der Waals surface area (Å²) in [5.41, 5.74) is 2.16. The van der Waals surface area contributed by atoms with Crippen LogP contribution in [0, 0.1) is 46.3 Å². The van der Waals surface area contributed by atoms with E-state index in [1.54, 1.807) is 12.1 Å². The Kier molecular flexibility index (Phi) is 13.9. The lowest BCUT2D eigenvalue weighted by Gasteiger charge is -2.58. The molecule has 0 radical (unpaired) electrons. The van der Waals surface area contributed by atoms with Gasteiger partial charge in [-0.05, 0) is 122 Å². The number of carbonyl (C=O) groups excluding carboxylic acids is 2. The van der Waals surface area contributed by atoms with Crippen molar-refractivity contribution >= 4 is 11.9 Å². The van der Waals surface area contributed by atoms with Crippen molar-refractivity contribution in [1.82, 2.24) is 0 Å². The maximum atomic E-state index is 13.2. The summed E-state index contributed by atoms with van der Waals surface area (Å²) in [6, 6.07) is 6.20. The largest absolute Gasteiger partial charge is 0.497 e. The number of benzene rings is 1. The van der Waals surface area contributed by atoms with E-state index in [1.807, 2.05) is 0 Å². The predicted octanol–water partition coefficient (Wildman–Crippen LogP) is 6.76. The van der Waals surface area contributed by atoms with Gasteiger partial charge in [0.1, 0.15) is 30.2 Å². The molecule has 0 spiro atoms. The zero-order chi connectivity index (χ0) is 42.2. The molecule has 5 fully saturated rings. The Hall–Kier alpha value is -2.58. The van der Waals surface area contributed by atoms with Crippen molar-refractivity contribution in [3.63, 3.8) is 0 Å². The van der Waals surface area contributed by atoms with Gasteiger partial charge in [-0.15, -0.1) is 0 Å². The molecule has 3 N–H and O–H groups in total. The average Bonchev–Trinajstić information content (AvgIpc) is 3.57. The van der Waals surface area contributed by atoms with E-state index in [0.717, 1.165) is 49.4 Å². The molecule has 2 aliphatic heterocycles. The Morgan fingerprint density at radius 3 is 2.24 bits per heavy atom. The fourth-order valence-corrected chi connectivity index (χ4v) is 12.4. The second kappa shape index (κ2) is 18.4. The van der Waals surface area contributed by atoms with Gasteiger partial charge >= 0.3 is 11.9 Å². The molecule has 7 rings (SSSR count). The molecule has 0 amide bonds. The molecule has 0 aromatic heterocycles. The molecule has 12 heteroatoms. The molecule has 0 bridgehead atoms. The van der Waals surface area contributed by atoms with E-state index in [0.29, 0.717) is 23.0 Å². The molecule has 12 nitrogen and oxygen atoms in total. The summed E-state index contributed by atoms with van der Waals surface area (Å²) < 4.78 is 41.3. The predicted molar refractivity (Wildman–Crippen MR) is 218 cm³/mol. The molecule has 2 heterocycles. The van der Waals surface area contributed by atoms with E-state index >= 15 is 0 Å². The van der Waals surface area contributed by atoms with Crippen LogP contribution in [-0.4, -0.2) is 103 Å². The highest BCUT2D eigenvalue weighted by atomic mass is 16.7. The summed E-state index contributed by atoms with van der Waals surface area (Å²) >= 11 is 0. The normalized spacial score (nSPS) is 41.2. The van der Waals surface area contributed by atoms with Crippen LogP contribution in [0.25, 0.3) is 0 Å². The number of carbonyl (C=O) groups is 2. The smallest absolute Gasteiger partial charge is 0.338 e. The monoisotopic (exact) mass is 826 g/mol. The van der Waals surface area contributed by atoms with Crippen LogP contribution in [0.5, 0.6) is 5.75 Å². The molecule has 59 heavy (non-hydrogen) atoms. The fraction of sp³-hybridized carbons (Fsp3) is 0.787. The van der Waals surface area contributed by atoms with Crippen molar-refractivity contribution in [2.75, 3.05) is 20.3 Å². The summed E-state index contributed by atoms with van der Waals surface area (Å²) in [4.78, 5) is 25.7. The van der Waals surface area contributed by atoms with Crippen LogP contribution in [0.4, 0.5) is 0 Å². The maximum Gasteiger partial charge on any atom is 0.338 e. The number of hydrogen-bond acceptors (Lipinski definition) is 12. The zero-order valence-corrected chi connectivity index (χ0v) is 36.3. The van der Waals surface area contributed by atoms with E-state index in [-0.39, 0.29) is 30.3 Å². The lowest BCUT2D eigenvalue weighted by molar-refractivity contribution is -0.339. The Bertz CT molecular complexity index is 1630. The van der Waals surface area contributed by atoms with Crippen molar-refractivity contribution in [1.29, 1.82) is 0 Å². The van der Waals surface area contributed by atoms with Crippen molar-refractivity contribution in [2.24, 2.45) is 46.3 Å². The van der Waals surface area contributed by atoms with Crippen molar-refractivity contribution in [3.05, 3.63) is 41.5 Å². The molecule has 0 unspecified atom stereocenters. The van der Waals surface area contributed by atoms with Crippen LogP contribution >= 0.6 is 0 Å². The summed E-state index contributed by atoms with van der Waals surface area (Å²) in [5, 5.41) is 32.6. The maximum absolute atomic E-state index is 13.2. The van der Waals surface area contributed by atoms with Crippen LogP contribution < -0.4 is 4.74 Å². The van der Waals surface area contributed by atoms with E-state index in [2.05, 4.69) is 40.7 Å². The van der Waals surface area contributed by atoms with Crippen LogP contribution in [-0.2, 0) is 33.2 Å². The Morgan fingerprint density at radius 2 is 1.54 bits per heavy atom. The average molecular weight is 827 g/mol. The van der Waals surface area contributed by atoms with Crippen molar-refractivity contribution in [3.8, 4) is 5.75 Å². The van der Waals surface area contributed by atoms with Gasteiger partial charge in [0.05, 0.1) is 32.0 Å². The minimum Gasteiger partial charge on any atom is -0.497 e. The van der Waals surface area contributed by atoms with Crippen molar-refractivity contribution < 1.29 is 58.1 Å². The topological polar surface area (TPSA) is 159 Å². The first-order valence-corrected chi connectivity index (χ1v) is 22.4. The summed E-state index contributed by atoms with van der Waals surface area (Å²) in [6.07, 6.45) is 4.66. The molecule has 1 aromatic rings. The van der Waals surface area contributed by atoms with Gasteiger partial charge in [0.25, 0.3) is 0 Å². The van der Waals surface area contributed by atoms with Gasteiger partial charge < -0.3 is 48.5 Å². The molecule has 6 aliphatic rings. The number of fused-ring (bicyclic) bond motifs is 5. The number of hydrogen-bond donors (Lipinski definition) is 3. The standard InChI is InChI=1S/C47H70O12/c1-26(2)9-8-10-27(3)34-17-18-35-33-16-13-30-23-32(19-21-46(30,5)36(33)20-22-47(34,35)6)57-45-42(56-28(4)48)40(38(50)25-55-45)59-44-41(39(51)37(49)24-54-44)58-43(52)29-11-14-31(53-7)15-12-29/h11-15,26-27,32-42,44-45,49-51H,8-10,16-25H2,1-7H3/t27-,32+,33+,34-,35+,36+,37-,38+,39+,40+,41-,42-,44+,45+,46+,47-/m1/s1. The third-order valence-electron chi connectivity index (χ3n) is 15.6. The molecule has 3 saturated carbocycles. The van der Waals surface area contributed by atoms with Gasteiger partial charge in [-0.1, -0.05) is 65.5 Å². The number of aliphatic hydroxyl groups excluding tert-OH is 3. The minimum atomic E-state index is -1.57. The molecule has 330 valence electrons. The minimum absolute atomic E-state index is 0.109. The first-order valence-electron chi connectivity index (χ1n) is 22.4. The lowest BCUT2D eigenvalue weighted by atomic mass is 9.47. The molecule has 1 aromatic carbocycles. The number of methoxy groups -OCH3 is 1. The van der Waals surface area contributed by atoms with Gasteiger partial charge in [-0.2, -0.15) is 0 Å². The third-order valence-corrected chi connectivity index (χ3v) is 15.6. The van der Waals surface area contributed by atoms with Crippen molar-refractivity contribution in [2.45, 2.75) is 167 Å². The van der Waals surface area contributed by atoms with Gasteiger partial charge in [-0.3, -0.25) is 4.79 Å². The highest BCUT2D eigenvalue weighted by Gasteiger charge is 2.59. The molecule has 4 aliphatic carbocycles. The van der Waals surface area contributed by atoms with Gasteiger partial charge in [-0.25, -0.2) is 4.79 Å². The SMILES string of the molecule is COc1ccc(C(=O)O[C@H]2[C@H](O[C@@H]3[C@@H](OC(C)=O)[C@H](O[C@H]4CC[C@@]5(C)C(=CC[C@H]6[C@@H]7CC[C@H]([C@H](C)CCCC(C)C)[C@@]7(C)CC[C@@H]65)C4)OC[C@@H]3O)OC[C@@H](O)[C@@H]2O)cc1. The quantitative estimate of drug-likeness (QED) is 0.142. The Labute approximate surface area is 350 Å². The van der Waals surface area contributed by atoms with E-state index in [1.165, 1.54) is 76.7 Å². The Morgan fingerprint density at radius 1 is 0.831 bits per heavy atom. The number of esters is 2. The highest BCUT2D eigenvalue weighted by molar-refractivity contribution is 5.89. The van der Waals surface area contributed by atoms with E-state index in [4.69, 9.17) is 33.2 Å². The number of aliphatic hydroxyl groups is 3. The molecular weight excluding hydrogens is 757 g/mol. The number of ether oxygens (including phenoxy) is 7.